The number of benzene rings is 8. The standard InChI is InChI=1S/C45H29N3S/c1-2-11-32(12-3-1)47(34-23-25-35(26-24-34)48-42-16-8-6-14-38(42)39-15-7-9-17-43(39)48)33-21-18-31(19-22-33)45-46-41-29-28-37-36-13-5-4-10-30(36)20-27-40(37)44(41)49-45/h1-29H. The van der Waals surface area contributed by atoms with Crippen LogP contribution in [0.4, 0.5) is 17.1 Å². The maximum absolute atomic E-state index is 5.08. The van der Waals surface area contributed by atoms with Gasteiger partial charge < -0.3 is 9.47 Å². The van der Waals surface area contributed by atoms with Crippen molar-refractivity contribution in [1.29, 1.82) is 0 Å². The van der Waals surface area contributed by atoms with Gasteiger partial charge in [0.2, 0.25) is 0 Å². The summed E-state index contributed by atoms with van der Waals surface area (Å²) >= 11 is 1.77. The lowest BCUT2D eigenvalue weighted by atomic mass is 10.0. The molecule has 3 nitrogen and oxygen atoms in total. The van der Waals surface area contributed by atoms with Crippen molar-refractivity contribution in [1.82, 2.24) is 9.55 Å². The zero-order valence-corrected chi connectivity index (χ0v) is 27.3. The monoisotopic (exact) mass is 643 g/mol. The van der Waals surface area contributed by atoms with E-state index in [1.54, 1.807) is 11.3 Å². The molecular formula is C45H29N3S. The SMILES string of the molecule is c1ccc(N(c2ccc(-c3nc4ccc5c6ccccc6ccc5c4s3)cc2)c2ccc(-n3c4ccccc4c4ccccc43)cc2)cc1. The molecule has 0 aliphatic heterocycles. The lowest BCUT2D eigenvalue weighted by molar-refractivity contribution is 1.17. The van der Waals surface area contributed by atoms with Gasteiger partial charge in [0.05, 0.1) is 21.3 Å². The van der Waals surface area contributed by atoms with Gasteiger partial charge in [-0.15, -0.1) is 11.3 Å². The Morgan fingerprint density at radius 2 is 1.00 bits per heavy atom. The molecule has 2 heterocycles. The van der Waals surface area contributed by atoms with Gasteiger partial charge in [-0.1, -0.05) is 97.1 Å². The number of nitrogens with zero attached hydrogens (tertiary/aromatic N) is 3. The molecular weight excluding hydrogens is 615 g/mol. The van der Waals surface area contributed by atoms with E-state index in [2.05, 4.69) is 185 Å². The molecule has 0 atom stereocenters. The van der Waals surface area contributed by atoms with E-state index >= 15 is 0 Å². The third kappa shape index (κ3) is 4.53. The van der Waals surface area contributed by atoms with Gasteiger partial charge in [0.25, 0.3) is 0 Å². The van der Waals surface area contributed by atoms with E-state index in [0.717, 1.165) is 38.8 Å². The van der Waals surface area contributed by atoms with Gasteiger partial charge in [0, 0.05) is 44.5 Å². The molecule has 0 bridgehead atoms. The Hall–Kier alpha value is -6.23. The summed E-state index contributed by atoms with van der Waals surface area (Å²) < 4.78 is 3.59. The van der Waals surface area contributed by atoms with Crippen LogP contribution in [0.25, 0.3) is 69.8 Å². The third-order valence-corrected chi connectivity index (χ3v) is 10.8. The van der Waals surface area contributed by atoms with Gasteiger partial charge >= 0.3 is 0 Å². The molecule has 2 aromatic heterocycles. The fraction of sp³-hybridized carbons (Fsp3) is 0. The van der Waals surface area contributed by atoms with Gasteiger partial charge in [-0.25, -0.2) is 4.98 Å². The molecule has 0 unspecified atom stereocenters. The molecule has 49 heavy (non-hydrogen) atoms. The largest absolute Gasteiger partial charge is 0.311 e. The minimum absolute atomic E-state index is 1.03. The second-order valence-corrected chi connectivity index (χ2v) is 13.4. The zero-order valence-electron chi connectivity index (χ0n) is 26.5. The van der Waals surface area contributed by atoms with Crippen LogP contribution in [0.5, 0.6) is 0 Å². The number of aromatic nitrogens is 2. The summed E-state index contributed by atoms with van der Waals surface area (Å²) in [5.74, 6) is 0. The normalized spacial score (nSPS) is 11.7. The zero-order chi connectivity index (χ0) is 32.3. The predicted molar refractivity (Wildman–Crippen MR) is 209 cm³/mol. The van der Waals surface area contributed by atoms with Crippen molar-refractivity contribution in [2.45, 2.75) is 0 Å². The molecule has 0 fully saturated rings. The number of hydrogen-bond donors (Lipinski definition) is 0. The topological polar surface area (TPSA) is 21.1 Å². The second kappa shape index (κ2) is 11.2. The Bertz CT molecular complexity index is 2760. The highest BCUT2D eigenvalue weighted by atomic mass is 32.1. The molecule has 0 saturated heterocycles. The molecule has 10 aromatic rings. The van der Waals surface area contributed by atoms with Gasteiger partial charge in [-0.3, -0.25) is 0 Å². The second-order valence-electron chi connectivity index (χ2n) is 12.4. The fourth-order valence-corrected chi connectivity index (χ4v) is 8.42. The summed E-state index contributed by atoms with van der Waals surface area (Å²) in [5, 5.41) is 8.65. The van der Waals surface area contributed by atoms with Crippen molar-refractivity contribution in [3.8, 4) is 16.3 Å². The summed E-state index contributed by atoms with van der Waals surface area (Å²) in [7, 11) is 0. The van der Waals surface area contributed by atoms with Crippen LogP contribution in [0, 0.1) is 0 Å². The molecule has 0 aliphatic carbocycles. The lowest BCUT2D eigenvalue weighted by Crippen LogP contribution is -2.10. The lowest BCUT2D eigenvalue weighted by Gasteiger charge is -2.26. The molecule has 4 heteroatoms. The Morgan fingerprint density at radius 1 is 0.429 bits per heavy atom. The van der Waals surface area contributed by atoms with Crippen molar-refractivity contribution in [2.24, 2.45) is 0 Å². The fourth-order valence-electron chi connectivity index (χ4n) is 7.33. The van der Waals surface area contributed by atoms with Crippen molar-refractivity contribution in [2.75, 3.05) is 4.90 Å². The number of thiazole rings is 1. The van der Waals surface area contributed by atoms with Crippen LogP contribution in [0.2, 0.25) is 0 Å². The Kier molecular flexibility index (Phi) is 6.36. The van der Waals surface area contributed by atoms with Crippen LogP contribution in [0.15, 0.2) is 176 Å². The van der Waals surface area contributed by atoms with Crippen LogP contribution in [-0.2, 0) is 0 Å². The molecule has 230 valence electrons. The van der Waals surface area contributed by atoms with Crippen LogP contribution < -0.4 is 4.90 Å². The number of rotatable bonds is 5. The molecule has 0 spiro atoms. The van der Waals surface area contributed by atoms with E-state index in [1.807, 2.05) is 0 Å². The van der Waals surface area contributed by atoms with E-state index < -0.39 is 0 Å². The summed E-state index contributed by atoms with van der Waals surface area (Å²) in [6.45, 7) is 0. The smallest absolute Gasteiger partial charge is 0.124 e. The van der Waals surface area contributed by atoms with Crippen LogP contribution >= 0.6 is 11.3 Å². The summed E-state index contributed by atoms with van der Waals surface area (Å²) in [5.41, 5.74) is 9.03. The quantitative estimate of drug-likeness (QED) is 0.174. The highest BCUT2D eigenvalue weighted by Crippen LogP contribution is 2.40. The van der Waals surface area contributed by atoms with Crippen LogP contribution in [-0.4, -0.2) is 9.55 Å². The first-order chi connectivity index (χ1) is 24.3. The van der Waals surface area contributed by atoms with E-state index in [4.69, 9.17) is 4.98 Å². The first kappa shape index (κ1) is 27.8. The first-order valence-corrected chi connectivity index (χ1v) is 17.4. The molecule has 8 aromatic carbocycles. The molecule has 0 N–H and O–H groups in total. The maximum Gasteiger partial charge on any atom is 0.124 e. The first-order valence-electron chi connectivity index (χ1n) is 16.6. The highest BCUT2D eigenvalue weighted by molar-refractivity contribution is 7.22. The van der Waals surface area contributed by atoms with E-state index in [-0.39, 0.29) is 0 Å². The third-order valence-electron chi connectivity index (χ3n) is 9.61. The minimum atomic E-state index is 1.03. The predicted octanol–water partition coefficient (Wildman–Crippen LogP) is 12.8. The number of para-hydroxylation sites is 3. The van der Waals surface area contributed by atoms with Gasteiger partial charge in [-0.05, 0) is 95.0 Å². The number of anilines is 3. The van der Waals surface area contributed by atoms with Gasteiger partial charge in [-0.2, -0.15) is 0 Å². The average Bonchev–Trinajstić information content (AvgIpc) is 3.76. The van der Waals surface area contributed by atoms with Crippen LogP contribution in [0.1, 0.15) is 0 Å². The van der Waals surface area contributed by atoms with E-state index in [0.29, 0.717) is 0 Å². The number of fused-ring (bicyclic) bond motifs is 8. The molecule has 0 aliphatic rings. The molecule has 0 radical (unpaired) electrons. The van der Waals surface area contributed by atoms with Crippen molar-refractivity contribution in [3.05, 3.63) is 176 Å². The van der Waals surface area contributed by atoms with Crippen molar-refractivity contribution < 1.29 is 0 Å². The summed E-state index contributed by atoms with van der Waals surface area (Å²) in [6, 6.07) is 63.1. The molecule has 0 amide bonds. The molecule has 0 saturated carbocycles. The van der Waals surface area contributed by atoms with Crippen molar-refractivity contribution >= 4 is 82.0 Å². The molecule has 10 rings (SSSR count). The Balaban J connectivity index is 1.03. The maximum atomic E-state index is 5.08. The Morgan fingerprint density at radius 3 is 1.71 bits per heavy atom. The highest BCUT2D eigenvalue weighted by Gasteiger charge is 2.16. The average molecular weight is 644 g/mol. The minimum Gasteiger partial charge on any atom is -0.311 e. The van der Waals surface area contributed by atoms with E-state index in [1.165, 1.54) is 48.1 Å². The Labute approximate surface area is 287 Å². The van der Waals surface area contributed by atoms with Crippen LogP contribution in [0.3, 0.4) is 0 Å². The number of hydrogen-bond acceptors (Lipinski definition) is 3. The van der Waals surface area contributed by atoms with Gasteiger partial charge in [0.1, 0.15) is 5.01 Å². The summed E-state index contributed by atoms with van der Waals surface area (Å²) in [6.07, 6.45) is 0. The summed E-state index contributed by atoms with van der Waals surface area (Å²) in [4.78, 5) is 7.40. The van der Waals surface area contributed by atoms with Gasteiger partial charge in [0.15, 0.2) is 0 Å². The van der Waals surface area contributed by atoms with Crippen molar-refractivity contribution in [3.63, 3.8) is 0 Å². The van der Waals surface area contributed by atoms with E-state index in [9.17, 15) is 0 Å².